The van der Waals surface area contributed by atoms with Gasteiger partial charge in [0.25, 0.3) is 0 Å². The summed E-state index contributed by atoms with van der Waals surface area (Å²) in [6.07, 6.45) is 0. The minimum atomic E-state index is -0.164. The van der Waals surface area contributed by atoms with E-state index in [0.29, 0.717) is 34.7 Å². The second kappa shape index (κ2) is 18.7. The van der Waals surface area contributed by atoms with Crippen molar-refractivity contribution in [3.05, 3.63) is 203 Å². The van der Waals surface area contributed by atoms with Crippen LogP contribution < -0.4 is 0 Å². The second-order valence-corrected chi connectivity index (χ2v) is 23.8. The first-order valence-electron chi connectivity index (χ1n) is 25.6. The van der Waals surface area contributed by atoms with Crippen LogP contribution in [-0.2, 0) is 21.7 Å². The molecule has 10 rings (SSSR count). The summed E-state index contributed by atoms with van der Waals surface area (Å²) in [6, 6.07) is 53.9. The molecule has 0 aliphatic carbocycles. The van der Waals surface area contributed by atoms with E-state index in [2.05, 4.69) is 182 Å². The van der Waals surface area contributed by atoms with E-state index in [0.717, 1.165) is 72.3 Å². The van der Waals surface area contributed by atoms with E-state index in [1.807, 2.05) is 72.8 Å². The zero-order valence-corrected chi connectivity index (χ0v) is 45.1. The molecule has 0 fully saturated rings. The monoisotopic (exact) mass is 979 g/mol. The van der Waals surface area contributed by atoms with Gasteiger partial charge in [0.05, 0.1) is 41.3 Å². The SMILES string of the molecule is [C-]#[N+]c1ccc2c(c1)c1cc([N+]#[C-])ccc1n2-c1ccc(-c2nc(-c3ccccc3)cc(-c3ccccc3)n2)cc1-c1nc(-c2cc(C(C)(C)C)cc(C(C)(C)C)c2)nc(-c2cc(C(C)(C)C)cc(C(C)(C)C)c2)n1. The fourth-order valence-electron chi connectivity index (χ4n) is 9.54. The van der Waals surface area contributed by atoms with Gasteiger partial charge in [-0.25, -0.2) is 34.6 Å². The van der Waals surface area contributed by atoms with E-state index in [1.54, 1.807) is 0 Å². The van der Waals surface area contributed by atoms with Crippen molar-refractivity contribution >= 4 is 33.2 Å². The number of nitrogens with zero attached hydrogens (tertiary/aromatic N) is 8. The van der Waals surface area contributed by atoms with Crippen LogP contribution in [0.4, 0.5) is 11.4 Å². The Bertz CT molecular complexity index is 3650. The highest BCUT2D eigenvalue weighted by molar-refractivity contribution is 6.12. The van der Waals surface area contributed by atoms with E-state index in [-0.39, 0.29) is 21.7 Å². The van der Waals surface area contributed by atoms with Crippen molar-refractivity contribution < 1.29 is 0 Å². The first-order valence-corrected chi connectivity index (χ1v) is 25.6. The van der Waals surface area contributed by atoms with Gasteiger partial charge in [0.15, 0.2) is 34.7 Å². The minimum absolute atomic E-state index is 0.164. The third-order valence-corrected chi connectivity index (χ3v) is 14.1. The van der Waals surface area contributed by atoms with Crippen LogP contribution >= 0.6 is 0 Å². The van der Waals surface area contributed by atoms with Gasteiger partial charge in [0.1, 0.15) is 0 Å². The molecule has 8 nitrogen and oxygen atoms in total. The first-order chi connectivity index (χ1) is 35.5. The summed E-state index contributed by atoms with van der Waals surface area (Å²) in [7, 11) is 0. The molecule has 0 unspecified atom stereocenters. The molecule has 0 bridgehead atoms. The van der Waals surface area contributed by atoms with Crippen LogP contribution in [0.5, 0.6) is 0 Å². The number of rotatable bonds is 7. The minimum Gasteiger partial charge on any atom is -0.309 e. The number of benzene rings is 7. The molecule has 0 N–H and O–H groups in total. The van der Waals surface area contributed by atoms with Crippen molar-refractivity contribution in [2.75, 3.05) is 0 Å². The summed E-state index contributed by atoms with van der Waals surface area (Å²) in [4.78, 5) is 34.9. The molecule has 3 heterocycles. The lowest BCUT2D eigenvalue weighted by Gasteiger charge is -2.26. The van der Waals surface area contributed by atoms with E-state index < -0.39 is 0 Å². The quantitative estimate of drug-likeness (QED) is 0.149. The van der Waals surface area contributed by atoms with Crippen LogP contribution in [0.2, 0.25) is 0 Å². The van der Waals surface area contributed by atoms with Crippen LogP contribution in [0.3, 0.4) is 0 Å². The van der Waals surface area contributed by atoms with E-state index >= 15 is 0 Å². The smallest absolute Gasteiger partial charge is 0.188 e. The highest BCUT2D eigenvalue weighted by Crippen LogP contribution is 2.42. The Balaban J connectivity index is 1.34. The van der Waals surface area contributed by atoms with E-state index in [1.165, 1.54) is 22.3 Å². The van der Waals surface area contributed by atoms with Crippen LogP contribution in [-0.4, -0.2) is 29.5 Å². The molecule has 0 spiro atoms. The lowest BCUT2D eigenvalue weighted by Crippen LogP contribution is -2.17. The maximum absolute atomic E-state index is 7.97. The van der Waals surface area contributed by atoms with Crippen molar-refractivity contribution in [3.8, 4) is 73.8 Å². The topological polar surface area (TPSA) is 78.1 Å². The van der Waals surface area contributed by atoms with Gasteiger partial charge < -0.3 is 4.57 Å². The summed E-state index contributed by atoms with van der Waals surface area (Å²) in [5, 5.41) is 1.73. The van der Waals surface area contributed by atoms with Crippen molar-refractivity contribution in [2.45, 2.75) is 105 Å². The molecule has 0 aliphatic heterocycles. The first kappa shape index (κ1) is 50.0. The predicted octanol–water partition coefficient (Wildman–Crippen LogP) is 18.1. The van der Waals surface area contributed by atoms with Crippen LogP contribution in [0, 0.1) is 13.1 Å². The Labute approximate surface area is 441 Å². The van der Waals surface area contributed by atoms with Gasteiger partial charge in [0, 0.05) is 33.4 Å². The van der Waals surface area contributed by atoms with Crippen molar-refractivity contribution in [1.29, 1.82) is 0 Å². The molecule has 0 aliphatic rings. The van der Waals surface area contributed by atoms with Gasteiger partial charge in [-0.05, 0) is 127 Å². The zero-order valence-electron chi connectivity index (χ0n) is 45.1. The third-order valence-electron chi connectivity index (χ3n) is 14.1. The molecule has 370 valence electrons. The molecule has 0 radical (unpaired) electrons. The largest absolute Gasteiger partial charge is 0.309 e. The maximum atomic E-state index is 7.97. The Kier molecular flexibility index (Phi) is 12.5. The summed E-state index contributed by atoms with van der Waals surface area (Å²) in [5.74, 6) is 2.13. The molecular formula is C67H62N8. The molecular weight excluding hydrogens is 917 g/mol. The predicted molar refractivity (Wildman–Crippen MR) is 310 cm³/mol. The number of fused-ring (bicyclic) bond motifs is 3. The molecule has 0 amide bonds. The van der Waals surface area contributed by atoms with Gasteiger partial charge in [-0.1, -0.05) is 168 Å². The maximum Gasteiger partial charge on any atom is 0.188 e. The number of aromatic nitrogens is 6. The zero-order chi connectivity index (χ0) is 53.2. The number of hydrogen-bond acceptors (Lipinski definition) is 5. The second-order valence-electron chi connectivity index (χ2n) is 23.8. The molecule has 7 aromatic carbocycles. The van der Waals surface area contributed by atoms with Crippen molar-refractivity contribution in [1.82, 2.24) is 29.5 Å². The van der Waals surface area contributed by atoms with E-state index in [9.17, 15) is 0 Å². The molecule has 3 aromatic heterocycles. The molecule has 10 aromatic rings. The molecule has 75 heavy (non-hydrogen) atoms. The Morgan fingerprint density at radius 1 is 0.347 bits per heavy atom. The fourth-order valence-corrected chi connectivity index (χ4v) is 9.54. The normalized spacial score (nSPS) is 12.2. The summed E-state index contributed by atoms with van der Waals surface area (Å²) < 4.78 is 2.21. The van der Waals surface area contributed by atoms with Gasteiger partial charge >= 0.3 is 0 Å². The number of hydrogen-bond donors (Lipinski definition) is 0. The van der Waals surface area contributed by atoms with Crippen molar-refractivity contribution in [3.63, 3.8) is 0 Å². The molecule has 0 saturated heterocycles. The van der Waals surface area contributed by atoms with Crippen molar-refractivity contribution in [2.24, 2.45) is 0 Å². The third kappa shape index (κ3) is 9.97. The Morgan fingerprint density at radius 3 is 1.12 bits per heavy atom. The van der Waals surface area contributed by atoms with Gasteiger partial charge in [-0.3, -0.25) is 0 Å². The average molecular weight is 979 g/mol. The summed E-state index contributed by atoms with van der Waals surface area (Å²) >= 11 is 0. The lowest BCUT2D eigenvalue weighted by molar-refractivity contribution is 0.568. The molecule has 0 atom stereocenters. The van der Waals surface area contributed by atoms with Gasteiger partial charge in [-0.2, -0.15) is 0 Å². The van der Waals surface area contributed by atoms with Gasteiger partial charge in [0.2, 0.25) is 0 Å². The molecule has 8 heteroatoms. The Morgan fingerprint density at radius 2 is 0.733 bits per heavy atom. The highest BCUT2D eigenvalue weighted by Gasteiger charge is 2.27. The Hall–Kier alpha value is -8.59. The average Bonchev–Trinajstić information content (AvgIpc) is 3.72. The van der Waals surface area contributed by atoms with Crippen LogP contribution in [0.15, 0.2) is 158 Å². The van der Waals surface area contributed by atoms with Crippen LogP contribution in [0.25, 0.3) is 105 Å². The molecule has 0 saturated carbocycles. The summed E-state index contributed by atoms with van der Waals surface area (Å²) in [5.41, 5.74) is 14.5. The van der Waals surface area contributed by atoms with Crippen LogP contribution in [0.1, 0.15) is 105 Å². The van der Waals surface area contributed by atoms with Gasteiger partial charge in [-0.15, -0.1) is 0 Å². The highest BCUT2D eigenvalue weighted by atomic mass is 15.1. The summed E-state index contributed by atoms with van der Waals surface area (Å²) in [6.45, 7) is 42.9. The fraction of sp³-hybridized carbons (Fsp3) is 0.239. The van der Waals surface area contributed by atoms with E-state index in [4.69, 9.17) is 38.1 Å². The lowest BCUT2D eigenvalue weighted by atomic mass is 9.79. The standard InChI is InChI=1S/C67H62N8/c1-64(2,3)46-31-44(32-47(36-46)65(4,5)6)61-72-62(45-33-48(66(7,8)9)37-49(34-45)67(10,11)12)74-63(73-61)54-35-43(60-70-55(41-21-17-15-18-22-41)40-56(71-60)42-23-19-16-20-24-42)25-28-59(54)75-57-29-26-50(68-13)38-52(57)53-39-51(69-14)27-30-58(53)75/h15-40H,1-12H3.